The third-order valence-corrected chi connectivity index (χ3v) is 5.91. The monoisotopic (exact) mass is 424 g/mol. The van der Waals surface area contributed by atoms with E-state index in [1.807, 2.05) is 45.9 Å². The molecule has 1 aliphatic carbocycles. The van der Waals surface area contributed by atoms with Crippen molar-refractivity contribution in [3.05, 3.63) is 66.5 Å². The lowest BCUT2D eigenvalue weighted by molar-refractivity contribution is -0.127. The first kappa shape index (κ1) is 20.3. The summed E-state index contributed by atoms with van der Waals surface area (Å²) in [5.74, 6) is 1.83. The Morgan fingerprint density at radius 1 is 1.30 bits per heavy atom. The SMILES string of the molecule is COc1cccc(-n2cnnc2SCC(=O)N(Cc2ccco2)C2=CCCCC2)c1. The number of furan rings is 1. The lowest BCUT2D eigenvalue weighted by atomic mass is 10.0. The zero-order valence-electron chi connectivity index (χ0n) is 16.9. The van der Waals surface area contributed by atoms with Crippen molar-refractivity contribution in [1.82, 2.24) is 19.7 Å². The number of benzene rings is 1. The maximum atomic E-state index is 13.2. The highest BCUT2D eigenvalue weighted by Gasteiger charge is 2.22. The minimum Gasteiger partial charge on any atom is -0.497 e. The molecule has 0 saturated heterocycles. The number of ether oxygens (including phenoxy) is 1. The Balaban J connectivity index is 1.48. The van der Waals surface area contributed by atoms with Gasteiger partial charge in [0.15, 0.2) is 5.16 Å². The number of thioether (sulfide) groups is 1. The second-order valence-corrected chi connectivity index (χ2v) is 7.92. The molecular weight excluding hydrogens is 400 g/mol. The molecular formula is C22H24N4O3S. The van der Waals surface area contributed by atoms with Crippen molar-refractivity contribution in [2.75, 3.05) is 12.9 Å². The van der Waals surface area contributed by atoms with Crippen molar-refractivity contribution in [2.45, 2.75) is 37.4 Å². The van der Waals surface area contributed by atoms with Crippen LogP contribution in [0.5, 0.6) is 5.75 Å². The van der Waals surface area contributed by atoms with E-state index in [2.05, 4.69) is 16.3 Å². The number of nitrogens with zero attached hydrogens (tertiary/aromatic N) is 4. The van der Waals surface area contributed by atoms with E-state index in [0.717, 1.165) is 42.2 Å². The van der Waals surface area contributed by atoms with Gasteiger partial charge in [0.05, 0.1) is 31.4 Å². The van der Waals surface area contributed by atoms with Gasteiger partial charge in [0.25, 0.3) is 0 Å². The second-order valence-electron chi connectivity index (χ2n) is 6.97. The Morgan fingerprint density at radius 2 is 2.23 bits per heavy atom. The van der Waals surface area contributed by atoms with E-state index in [1.54, 1.807) is 19.7 Å². The first-order chi connectivity index (χ1) is 14.7. The Kier molecular flexibility index (Phi) is 6.53. The summed E-state index contributed by atoms with van der Waals surface area (Å²) < 4.78 is 12.6. The van der Waals surface area contributed by atoms with Crippen LogP contribution in [-0.2, 0) is 11.3 Å². The Hall–Kier alpha value is -3.00. The van der Waals surface area contributed by atoms with Gasteiger partial charge in [-0.05, 0) is 49.9 Å². The third kappa shape index (κ3) is 4.76. The lowest BCUT2D eigenvalue weighted by Gasteiger charge is -2.27. The maximum Gasteiger partial charge on any atom is 0.237 e. The summed E-state index contributed by atoms with van der Waals surface area (Å²) in [4.78, 5) is 15.0. The van der Waals surface area contributed by atoms with Gasteiger partial charge in [-0.15, -0.1) is 10.2 Å². The molecule has 30 heavy (non-hydrogen) atoms. The van der Waals surface area contributed by atoms with Crippen molar-refractivity contribution in [2.24, 2.45) is 0 Å². The largest absolute Gasteiger partial charge is 0.497 e. The van der Waals surface area contributed by atoms with E-state index in [9.17, 15) is 4.79 Å². The van der Waals surface area contributed by atoms with Crippen LogP contribution in [-0.4, -0.2) is 38.4 Å². The number of amides is 1. The lowest BCUT2D eigenvalue weighted by Crippen LogP contribution is -2.32. The average molecular weight is 425 g/mol. The predicted octanol–water partition coefficient (Wildman–Crippen LogP) is 4.45. The van der Waals surface area contributed by atoms with E-state index in [0.29, 0.717) is 11.7 Å². The summed E-state index contributed by atoms with van der Waals surface area (Å²) in [6.07, 6.45) is 9.65. The van der Waals surface area contributed by atoms with Gasteiger partial charge in [-0.1, -0.05) is 23.9 Å². The van der Waals surface area contributed by atoms with E-state index in [4.69, 9.17) is 9.15 Å². The second kappa shape index (κ2) is 9.67. The Bertz CT molecular complexity index is 1010. The molecule has 1 aliphatic rings. The molecule has 0 saturated carbocycles. The van der Waals surface area contributed by atoms with Gasteiger partial charge in [0, 0.05) is 11.8 Å². The molecule has 0 atom stereocenters. The van der Waals surface area contributed by atoms with Crippen LogP contribution in [0, 0.1) is 0 Å². The number of carbonyl (C=O) groups is 1. The highest BCUT2D eigenvalue weighted by Crippen LogP contribution is 2.26. The van der Waals surface area contributed by atoms with Crippen LogP contribution in [0.3, 0.4) is 0 Å². The molecule has 0 fully saturated rings. The van der Waals surface area contributed by atoms with E-state index in [-0.39, 0.29) is 11.7 Å². The van der Waals surface area contributed by atoms with Gasteiger partial charge < -0.3 is 14.1 Å². The average Bonchev–Trinajstić information content (AvgIpc) is 3.48. The summed E-state index contributed by atoms with van der Waals surface area (Å²) in [6.45, 7) is 0.445. The highest BCUT2D eigenvalue weighted by molar-refractivity contribution is 7.99. The van der Waals surface area contributed by atoms with E-state index < -0.39 is 0 Å². The van der Waals surface area contributed by atoms with Crippen molar-refractivity contribution >= 4 is 17.7 Å². The normalized spacial score (nSPS) is 13.7. The van der Waals surface area contributed by atoms with Crippen LogP contribution in [0.4, 0.5) is 0 Å². The summed E-state index contributed by atoms with van der Waals surface area (Å²) in [7, 11) is 1.63. The number of hydrogen-bond donors (Lipinski definition) is 0. The van der Waals surface area contributed by atoms with Crippen LogP contribution in [0.15, 0.2) is 70.3 Å². The van der Waals surface area contributed by atoms with E-state index in [1.165, 1.54) is 18.2 Å². The topological polar surface area (TPSA) is 73.4 Å². The molecule has 1 amide bonds. The smallest absolute Gasteiger partial charge is 0.237 e. The van der Waals surface area contributed by atoms with Crippen molar-refractivity contribution in [1.29, 1.82) is 0 Å². The van der Waals surface area contributed by atoms with Gasteiger partial charge in [-0.25, -0.2) is 0 Å². The van der Waals surface area contributed by atoms with Crippen LogP contribution in [0.2, 0.25) is 0 Å². The molecule has 156 valence electrons. The molecule has 2 heterocycles. The summed E-state index contributed by atoms with van der Waals surface area (Å²) in [5.41, 5.74) is 1.97. The zero-order valence-corrected chi connectivity index (χ0v) is 17.7. The minimum atomic E-state index is 0.0322. The Morgan fingerprint density at radius 3 is 3.00 bits per heavy atom. The summed E-state index contributed by atoms with van der Waals surface area (Å²) in [6, 6.07) is 11.4. The Labute approximate surface area is 179 Å². The summed E-state index contributed by atoms with van der Waals surface area (Å²) in [5, 5.41) is 8.89. The van der Waals surface area contributed by atoms with Crippen LogP contribution in [0.1, 0.15) is 31.4 Å². The van der Waals surface area contributed by atoms with Crippen molar-refractivity contribution < 1.29 is 13.9 Å². The van der Waals surface area contributed by atoms with Crippen LogP contribution in [0.25, 0.3) is 5.69 Å². The fraction of sp³-hybridized carbons (Fsp3) is 0.318. The summed E-state index contributed by atoms with van der Waals surface area (Å²) >= 11 is 1.37. The van der Waals surface area contributed by atoms with Gasteiger partial charge in [0.1, 0.15) is 17.8 Å². The fourth-order valence-corrected chi connectivity index (χ4v) is 4.24. The molecule has 0 radical (unpaired) electrons. The molecule has 0 aliphatic heterocycles. The van der Waals surface area contributed by atoms with Crippen LogP contribution >= 0.6 is 11.8 Å². The standard InChI is InChI=1S/C22H24N4O3S/c1-28-19-10-5-9-18(13-19)26-16-23-24-22(26)30-15-21(27)25(14-20-11-6-12-29-20)17-7-3-2-4-8-17/h5-7,9-13,16H,2-4,8,14-15H2,1H3. The third-order valence-electron chi connectivity index (χ3n) is 4.98. The molecule has 2 aromatic heterocycles. The minimum absolute atomic E-state index is 0.0322. The predicted molar refractivity (Wildman–Crippen MR) is 114 cm³/mol. The molecule has 1 aromatic carbocycles. The molecule has 0 unspecified atom stereocenters. The molecule has 3 aromatic rings. The van der Waals surface area contributed by atoms with Crippen molar-refractivity contribution in [3.63, 3.8) is 0 Å². The highest BCUT2D eigenvalue weighted by atomic mass is 32.2. The quantitative estimate of drug-likeness (QED) is 0.498. The van der Waals surface area contributed by atoms with Gasteiger partial charge in [-0.2, -0.15) is 0 Å². The maximum absolute atomic E-state index is 13.2. The molecule has 0 N–H and O–H groups in total. The number of allylic oxidation sites excluding steroid dienone is 2. The van der Waals surface area contributed by atoms with E-state index >= 15 is 0 Å². The number of aromatic nitrogens is 3. The fourth-order valence-electron chi connectivity index (χ4n) is 3.44. The first-order valence-corrected chi connectivity index (χ1v) is 10.9. The first-order valence-electron chi connectivity index (χ1n) is 9.93. The van der Waals surface area contributed by atoms with Crippen LogP contribution < -0.4 is 4.74 Å². The van der Waals surface area contributed by atoms with Crippen molar-refractivity contribution in [3.8, 4) is 11.4 Å². The van der Waals surface area contributed by atoms with Gasteiger partial charge in [0.2, 0.25) is 5.91 Å². The number of hydrogen-bond acceptors (Lipinski definition) is 6. The molecule has 7 nitrogen and oxygen atoms in total. The molecule has 0 spiro atoms. The molecule has 4 rings (SSSR count). The molecule has 0 bridgehead atoms. The number of rotatable bonds is 8. The zero-order chi connectivity index (χ0) is 20.8. The van der Waals surface area contributed by atoms with Gasteiger partial charge in [-0.3, -0.25) is 9.36 Å². The number of methoxy groups -OCH3 is 1. The molecule has 8 heteroatoms. The number of carbonyl (C=O) groups excluding carboxylic acids is 1. The van der Waals surface area contributed by atoms with Gasteiger partial charge >= 0.3 is 0 Å².